The molecule has 0 spiro atoms. The SMILES string of the molecule is C[C@@H](Sc1nnc(COc2ccccc2Cl)n1C)C(=O)NCc1ccc2c(c1)OCO2. The van der Waals surface area contributed by atoms with Gasteiger partial charge < -0.3 is 24.1 Å². The van der Waals surface area contributed by atoms with Gasteiger partial charge in [-0.15, -0.1) is 10.2 Å². The summed E-state index contributed by atoms with van der Waals surface area (Å²) in [6.07, 6.45) is 0. The van der Waals surface area contributed by atoms with Gasteiger partial charge in [0.25, 0.3) is 0 Å². The summed E-state index contributed by atoms with van der Waals surface area (Å²) in [4.78, 5) is 12.5. The molecule has 1 aliphatic rings. The van der Waals surface area contributed by atoms with Gasteiger partial charge in [-0.05, 0) is 36.8 Å². The zero-order valence-corrected chi connectivity index (χ0v) is 18.6. The predicted octanol–water partition coefficient (Wildman–Crippen LogP) is 3.57. The van der Waals surface area contributed by atoms with Crippen LogP contribution in [0.2, 0.25) is 5.02 Å². The molecule has 0 saturated heterocycles. The second kappa shape index (κ2) is 9.49. The van der Waals surface area contributed by atoms with Gasteiger partial charge in [0.15, 0.2) is 22.5 Å². The molecule has 2 aromatic carbocycles. The number of thioether (sulfide) groups is 1. The Morgan fingerprint density at radius 1 is 1.26 bits per heavy atom. The number of halogens is 1. The van der Waals surface area contributed by atoms with Crippen molar-refractivity contribution in [3.05, 3.63) is 58.9 Å². The lowest BCUT2D eigenvalue weighted by Crippen LogP contribution is -2.30. The van der Waals surface area contributed by atoms with Gasteiger partial charge >= 0.3 is 0 Å². The van der Waals surface area contributed by atoms with E-state index < -0.39 is 0 Å². The maximum atomic E-state index is 12.5. The predicted molar refractivity (Wildman–Crippen MR) is 117 cm³/mol. The number of rotatable bonds is 8. The largest absolute Gasteiger partial charge is 0.484 e. The molecule has 0 radical (unpaired) electrons. The van der Waals surface area contributed by atoms with Crippen LogP contribution in [0.3, 0.4) is 0 Å². The number of amides is 1. The van der Waals surface area contributed by atoms with Crippen LogP contribution in [-0.2, 0) is 25.0 Å². The zero-order chi connectivity index (χ0) is 21.8. The molecule has 31 heavy (non-hydrogen) atoms. The normalized spacial score (nSPS) is 13.1. The van der Waals surface area contributed by atoms with Crippen molar-refractivity contribution in [1.29, 1.82) is 0 Å². The Morgan fingerprint density at radius 3 is 2.90 bits per heavy atom. The van der Waals surface area contributed by atoms with Gasteiger partial charge in [-0.2, -0.15) is 0 Å². The van der Waals surface area contributed by atoms with Gasteiger partial charge in [0, 0.05) is 13.6 Å². The number of carbonyl (C=O) groups excluding carboxylic acids is 1. The van der Waals surface area contributed by atoms with Gasteiger partial charge in [0.1, 0.15) is 12.4 Å². The van der Waals surface area contributed by atoms with Gasteiger partial charge in [0.2, 0.25) is 12.7 Å². The second-order valence-electron chi connectivity index (χ2n) is 6.84. The molecule has 8 nitrogen and oxygen atoms in total. The summed E-state index contributed by atoms with van der Waals surface area (Å²) in [5, 5.41) is 12.1. The van der Waals surface area contributed by atoms with Crippen molar-refractivity contribution in [2.75, 3.05) is 6.79 Å². The first-order valence-electron chi connectivity index (χ1n) is 9.60. The van der Waals surface area contributed by atoms with Crippen molar-refractivity contribution in [1.82, 2.24) is 20.1 Å². The van der Waals surface area contributed by atoms with Crippen molar-refractivity contribution in [2.24, 2.45) is 7.05 Å². The van der Waals surface area contributed by atoms with E-state index in [1.807, 2.05) is 48.9 Å². The van der Waals surface area contributed by atoms with Crippen molar-refractivity contribution in [3.63, 3.8) is 0 Å². The molecular weight excluding hydrogens is 440 g/mol. The standard InChI is InChI=1S/C21H21ClN4O4S/c1-13(20(27)23-10-14-7-8-17-18(9-14)30-12-29-17)31-21-25-24-19(26(21)2)11-28-16-6-4-3-5-15(16)22/h3-9,13H,10-12H2,1-2H3,(H,23,27)/t13-/m1/s1. The third-order valence-electron chi connectivity index (χ3n) is 4.67. The van der Waals surface area contributed by atoms with Crippen LogP contribution < -0.4 is 19.5 Å². The summed E-state index contributed by atoms with van der Waals surface area (Å²) in [6.45, 7) is 2.67. The number of carbonyl (C=O) groups is 1. The van der Waals surface area contributed by atoms with Crippen LogP contribution in [0.25, 0.3) is 0 Å². The molecule has 4 rings (SSSR count). The van der Waals surface area contributed by atoms with Crippen LogP contribution in [0, 0.1) is 0 Å². The van der Waals surface area contributed by atoms with Crippen LogP contribution in [0.1, 0.15) is 18.3 Å². The fourth-order valence-electron chi connectivity index (χ4n) is 2.87. The number of hydrogen-bond acceptors (Lipinski definition) is 7. The molecule has 0 saturated carbocycles. The zero-order valence-electron chi connectivity index (χ0n) is 17.0. The van der Waals surface area contributed by atoms with E-state index in [-0.39, 0.29) is 24.6 Å². The maximum Gasteiger partial charge on any atom is 0.233 e. The molecule has 1 aromatic heterocycles. The van der Waals surface area contributed by atoms with Gasteiger partial charge in [-0.25, -0.2) is 0 Å². The number of ether oxygens (including phenoxy) is 3. The van der Waals surface area contributed by atoms with E-state index in [2.05, 4.69) is 15.5 Å². The van der Waals surface area contributed by atoms with E-state index in [9.17, 15) is 4.79 Å². The molecular formula is C21H21ClN4O4S. The number of nitrogens with zero attached hydrogens (tertiary/aromatic N) is 3. The highest BCUT2D eigenvalue weighted by Gasteiger charge is 2.20. The Labute approximate surface area is 188 Å². The van der Waals surface area contributed by atoms with E-state index in [1.54, 1.807) is 12.1 Å². The molecule has 0 fully saturated rings. The summed E-state index contributed by atoms with van der Waals surface area (Å²) in [5.41, 5.74) is 0.937. The Kier molecular flexibility index (Phi) is 6.53. The average molecular weight is 461 g/mol. The molecule has 1 amide bonds. The maximum absolute atomic E-state index is 12.5. The Bertz CT molecular complexity index is 1090. The molecule has 0 unspecified atom stereocenters. The van der Waals surface area contributed by atoms with Crippen LogP contribution in [0.15, 0.2) is 47.6 Å². The quantitative estimate of drug-likeness (QED) is 0.514. The lowest BCUT2D eigenvalue weighted by molar-refractivity contribution is -0.120. The summed E-state index contributed by atoms with van der Waals surface area (Å²) >= 11 is 7.44. The molecule has 10 heteroatoms. The lowest BCUT2D eigenvalue weighted by Gasteiger charge is -2.12. The van der Waals surface area contributed by atoms with Crippen molar-refractivity contribution in [3.8, 4) is 17.2 Å². The minimum Gasteiger partial charge on any atom is -0.484 e. The third kappa shape index (κ3) is 5.05. The second-order valence-corrected chi connectivity index (χ2v) is 8.56. The Hall–Kier alpha value is -2.91. The molecule has 3 aromatic rings. The minimum absolute atomic E-state index is 0.0977. The molecule has 162 valence electrons. The number of aromatic nitrogens is 3. The molecule has 1 atom stereocenters. The van der Waals surface area contributed by atoms with Crippen LogP contribution in [-0.4, -0.2) is 32.7 Å². The van der Waals surface area contributed by atoms with Crippen LogP contribution >= 0.6 is 23.4 Å². The summed E-state index contributed by atoms with van der Waals surface area (Å²) in [6, 6.07) is 12.9. The van der Waals surface area contributed by atoms with Gasteiger partial charge in [0.05, 0.1) is 10.3 Å². The monoisotopic (exact) mass is 460 g/mol. The summed E-state index contributed by atoms with van der Waals surface area (Å²) in [7, 11) is 1.84. The number of hydrogen-bond donors (Lipinski definition) is 1. The molecule has 1 aliphatic heterocycles. The third-order valence-corrected chi connectivity index (χ3v) is 6.12. The average Bonchev–Trinajstić information content (AvgIpc) is 3.38. The highest BCUT2D eigenvalue weighted by Crippen LogP contribution is 2.32. The number of benzene rings is 2. The Balaban J connectivity index is 1.30. The van der Waals surface area contributed by atoms with Gasteiger partial charge in [-0.1, -0.05) is 41.6 Å². The summed E-state index contributed by atoms with van der Waals surface area (Å²) < 4.78 is 18.2. The minimum atomic E-state index is -0.353. The van der Waals surface area contributed by atoms with Crippen LogP contribution in [0.5, 0.6) is 17.2 Å². The molecule has 0 bridgehead atoms. The first-order valence-corrected chi connectivity index (χ1v) is 10.9. The fourth-order valence-corrected chi connectivity index (χ4v) is 3.92. The van der Waals surface area contributed by atoms with Crippen molar-refractivity contribution < 1.29 is 19.0 Å². The topological polar surface area (TPSA) is 87.5 Å². The van der Waals surface area contributed by atoms with E-state index in [1.165, 1.54) is 11.8 Å². The van der Waals surface area contributed by atoms with Gasteiger partial charge in [-0.3, -0.25) is 4.79 Å². The highest BCUT2D eigenvalue weighted by atomic mass is 35.5. The molecule has 0 aliphatic carbocycles. The smallest absolute Gasteiger partial charge is 0.233 e. The van der Waals surface area contributed by atoms with E-state index in [4.69, 9.17) is 25.8 Å². The van der Waals surface area contributed by atoms with E-state index in [0.717, 1.165) is 11.3 Å². The lowest BCUT2D eigenvalue weighted by atomic mass is 10.2. The first kappa shape index (κ1) is 21.3. The number of para-hydroxylation sites is 1. The highest BCUT2D eigenvalue weighted by molar-refractivity contribution is 8.00. The van der Waals surface area contributed by atoms with Crippen LogP contribution in [0.4, 0.5) is 0 Å². The number of nitrogens with one attached hydrogen (secondary N) is 1. The number of fused-ring (bicyclic) bond motifs is 1. The fraction of sp³-hybridized carbons (Fsp3) is 0.286. The van der Waals surface area contributed by atoms with E-state index >= 15 is 0 Å². The molecule has 2 heterocycles. The first-order chi connectivity index (χ1) is 15.0. The Morgan fingerprint density at radius 2 is 2.06 bits per heavy atom. The van der Waals surface area contributed by atoms with Crippen molar-refractivity contribution >= 4 is 29.3 Å². The molecule has 1 N–H and O–H groups in total. The van der Waals surface area contributed by atoms with E-state index in [0.29, 0.717) is 34.0 Å². The summed E-state index contributed by atoms with van der Waals surface area (Å²) in [5.74, 6) is 2.53. The van der Waals surface area contributed by atoms with Crippen molar-refractivity contribution in [2.45, 2.75) is 30.5 Å².